The number of nitrogens with zero attached hydrogens (tertiary/aromatic N) is 1. The minimum atomic E-state index is -0.479. The third-order valence-corrected chi connectivity index (χ3v) is 5.08. The molecule has 0 fully saturated rings. The summed E-state index contributed by atoms with van der Waals surface area (Å²) >= 11 is 1.81. The summed E-state index contributed by atoms with van der Waals surface area (Å²) in [7, 11) is 0. The van der Waals surface area contributed by atoms with Gasteiger partial charge in [0.25, 0.3) is 5.91 Å². The normalized spacial score (nSPS) is 13.7. The van der Waals surface area contributed by atoms with Gasteiger partial charge in [-0.3, -0.25) is 4.79 Å². The highest BCUT2D eigenvalue weighted by molar-refractivity contribution is 7.11. The summed E-state index contributed by atoms with van der Waals surface area (Å²) in [6.07, 6.45) is 6.48. The van der Waals surface area contributed by atoms with E-state index in [0.29, 0.717) is 6.54 Å². The number of fused-ring (bicyclic) bond motifs is 1. The molecule has 1 aliphatic rings. The van der Waals surface area contributed by atoms with Crippen LogP contribution in [0, 0.1) is 5.82 Å². The van der Waals surface area contributed by atoms with Crippen LogP contribution >= 0.6 is 11.3 Å². The molecule has 3 rings (SSSR count). The maximum Gasteiger partial charge on any atom is 0.254 e. The number of hydrogen-bond donors (Lipinski definition) is 1. The number of carbonyl (C=O) groups excluding carboxylic acids is 1. The van der Waals surface area contributed by atoms with Gasteiger partial charge in [0.2, 0.25) is 0 Å². The standard InChI is InChI=1S/C17H19FN2OS/c18-13-7-2-1-6-12(13)17(21)19-11-5-10-16-20-14-8-3-4-9-15(14)22-16/h1-2,6-7H,3-5,8-11H2,(H,19,21). The Kier molecular flexibility index (Phi) is 4.83. The molecule has 1 aliphatic carbocycles. The van der Waals surface area contributed by atoms with Gasteiger partial charge in [0.15, 0.2) is 0 Å². The number of benzene rings is 1. The van der Waals surface area contributed by atoms with E-state index >= 15 is 0 Å². The molecule has 5 heteroatoms. The third-order valence-electron chi connectivity index (χ3n) is 3.86. The smallest absolute Gasteiger partial charge is 0.254 e. The minimum Gasteiger partial charge on any atom is -0.352 e. The Bertz CT molecular complexity index is 645. The van der Waals surface area contributed by atoms with Crippen molar-refractivity contribution < 1.29 is 9.18 Å². The summed E-state index contributed by atoms with van der Waals surface area (Å²) in [4.78, 5) is 18.0. The van der Waals surface area contributed by atoms with Gasteiger partial charge in [-0.2, -0.15) is 0 Å². The maximum atomic E-state index is 13.5. The van der Waals surface area contributed by atoms with E-state index in [0.717, 1.165) is 30.7 Å². The highest BCUT2D eigenvalue weighted by Crippen LogP contribution is 2.27. The van der Waals surface area contributed by atoms with Gasteiger partial charge in [0.05, 0.1) is 16.3 Å². The summed E-state index contributed by atoms with van der Waals surface area (Å²) in [5.74, 6) is -0.830. The van der Waals surface area contributed by atoms with Gasteiger partial charge in [-0.1, -0.05) is 12.1 Å². The van der Waals surface area contributed by atoms with Crippen molar-refractivity contribution in [1.29, 1.82) is 0 Å². The van der Waals surface area contributed by atoms with Crippen LogP contribution in [0.5, 0.6) is 0 Å². The van der Waals surface area contributed by atoms with Crippen LogP contribution in [0.15, 0.2) is 24.3 Å². The maximum absolute atomic E-state index is 13.5. The van der Waals surface area contributed by atoms with E-state index in [-0.39, 0.29) is 11.5 Å². The van der Waals surface area contributed by atoms with Crippen LogP contribution in [0.1, 0.15) is 45.2 Å². The van der Waals surface area contributed by atoms with Crippen LogP contribution < -0.4 is 5.32 Å². The predicted octanol–water partition coefficient (Wildman–Crippen LogP) is 3.52. The lowest BCUT2D eigenvalue weighted by Gasteiger charge is -2.06. The van der Waals surface area contributed by atoms with Crippen molar-refractivity contribution in [3.8, 4) is 0 Å². The number of aromatic nitrogens is 1. The van der Waals surface area contributed by atoms with Crippen LogP contribution in [-0.2, 0) is 19.3 Å². The molecule has 1 aromatic carbocycles. The van der Waals surface area contributed by atoms with E-state index in [4.69, 9.17) is 0 Å². The molecule has 0 radical (unpaired) electrons. The van der Waals surface area contributed by atoms with Crippen molar-refractivity contribution in [1.82, 2.24) is 10.3 Å². The van der Waals surface area contributed by atoms with Gasteiger partial charge in [-0.25, -0.2) is 9.37 Å². The first kappa shape index (κ1) is 15.2. The van der Waals surface area contributed by atoms with E-state index in [1.165, 1.54) is 35.5 Å². The van der Waals surface area contributed by atoms with Gasteiger partial charge in [-0.05, 0) is 44.2 Å². The Hall–Kier alpha value is -1.75. The Morgan fingerprint density at radius 3 is 2.91 bits per heavy atom. The third kappa shape index (κ3) is 3.53. The Labute approximate surface area is 133 Å². The second-order valence-corrected chi connectivity index (χ2v) is 6.69. The molecular weight excluding hydrogens is 299 g/mol. The zero-order valence-corrected chi connectivity index (χ0v) is 13.2. The van der Waals surface area contributed by atoms with Crippen LogP contribution in [0.2, 0.25) is 0 Å². The van der Waals surface area contributed by atoms with Gasteiger partial charge in [0, 0.05) is 17.8 Å². The molecule has 1 heterocycles. The van der Waals surface area contributed by atoms with Crippen molar-refractivity contribution in [3.63, 3.8) is 0 Å². The highest BCUT2D eigenvalue weighted by Gasteiger charge is 2.15. The van der Waals surface area contributed by atoms with Gasteiger partial charge in [-0.15, -0.1) is 11.3 Å². The largest absolute Gasteiger partial charge is 0.352 e. The Morgan fingerprint density at radius 1 is 1.27 bits per heavy atom. The Balaban J connectivity index is 1.46. The molecule has 116 valence electrons. The first-order chi connectivity index (χ1) is 10.7. The van der Waals surface area contributed by atoms with E-state index < -0.39 is 5.82 Å². The lowest BCUT2D eigenvalue weighted by atomic mass is 10.0. The van der Waals surface area contributed by atoms with Crippen molar-refractivity contribution in [2.75, 3.05) is 6.54 Å². The molecule has 0 atom stereocenters. The number of hydrogen-bond acceptors (Lipinski definition) is 3. The second-order valence-electron chi connectivity index (χ2n) is 5.52. The summed E-state index contributed by atoms with van der Waals surface area (Å²) in [5.41, 5.74) is 1.38. The van der Waals surface area contributed by atoms with Crippen LogP contribution in [0.25, 0.3) is 0 Å². The topological polar surface area (TPSA) is 42.0 Å². The number of amides is 1. The number of rotatable bonds is 5. The zero-order valence-electron chi connectivity index (χ0n) is 12.4. The highest BCUT2D eigenvalue weighted by atomic mass is 32.1. The SMILES string of the molecule is O=C(NCCCc1nc2c(s1)CCCC2)c1ccccc1F. The molecule has 1 N–H and O–H groups in total. The quantitative estimate of drug-likeness (QED) is 0.857. The van der Waals surface area contributed by atoms with Crippen LogP contribution in [0.3, 0.4) is 0 Å². The molecule has 3 nitrogen and oxygen atoms in total. The molecular formula is C17H19FN2OS. The average molecular weight is 318 g/mol. The fourth-order valence-corrected chi connectivity index (χ4v) is 3.89. The first-order valence-electron chi connectivity index (χ1n) is 7.74. The Morgan fingerprint density at radius 2 is 2.09 bits per heavy atom. The van der Waals surface area contributed by atoms with Gasteiger partial charge >= 0.3 is 0 Å². The summed E-state index contributed by atoms with van der Waals surface area (Å²) in [6.45, 7) is 0.539. The molecule has 2 aromatic rings. The second kappa shape index (κ2) is 7.01. The fraction of sp³-hybridized carbons (Fsp3) is 0.412. The average Bonchev–Trinajstić information content (AvgIpc) is 2.94. The molecule has 1 amide bonds. The summed E-state index contributed by atoms with van der Waals surface area (Å²) < 4.78 is 13.5. The predicted molar refractivity (Wildman–Crippen MR) is 85.8 cm³/mol. The first-order valence-corrected chi connectivity index (χ1v) is 8.56. The van der Waals surface area contributed by atoms with Gasteiger partial charge < -0.3 is 5.32 Å². The molecule has 22 heavy (non-hydrogen) atoms. The fourth-order valence-electron chi connectivity index (χ4n) is 2.69. The summed E-state index contributed by atoms with van der Waals surface area (Å²) in [5, 5.41) is 3.93. The number of carbonyl (C=O) groups is 1. The number of thiazole rings is 1. The lowest BCUT2D eigenvalue weighted by molar-refractivity contribution is 0.0949. The molecule has 0 bridgehead atoms. The van der Waals surface area contributed by atoms with E-state index in [1.807, 2.05) is 11.3 Å². The number of nitrogens with one attached hydrogen (secondary N) is 1. The molecule has 1 aromatic heterocycles. The van der Waals surface area contributed by atoms with Gasteiger partial charge in [0.1, 0.15) is 5.82 Å². The zero-order chi connectivity index (χ0) is 15.4. The number of aryl methyl sites for hydroxylation is 3. The summed E-state index contributed by atoms with van der Waals surface area (Å²) in [6, 6.07) is 6.04. The van der Waals surface area contributed by atoms with E-state index in [9.17, 15) is 9.18 Å². The lowest BCUT2D eigenvalue weighted by Crippen LogP contribution is -2.25. The molecule has 0 spiro atoms. The van der Waals surface area contributed by atoms with Crippen molar-refractivity contribution in [3.05, 3.63) is 51.2 Å². The number of halogens is 1. The molecule has 0 saturated carbocycles. The molecule has 0 saturated heterocycles. The minimum absolute atomic E-state index is 0.104. The van der Waals surface area contributed by atoms with Crippen LogP contribution in [0.4, 0.5) is 4.39 Å². The van der Waals surface area contributed by atoms with Crippen molar-refractivity contribution in [2.45, 2.75) is 38.5 Å². The van der Waals surface area contributed by atoms with E-state index in [1.54, 1.807) is 12.1 Å². The van der Waals surface area contributed by atoms with E-state index in [2.05, 4.69) is 10.3 Å². The van der Waals surface area contributed by atoms with Crippen molar-refractivity contribution in [2.24, 2.45) is 0 Å². The monoisotopic (exact) mass is 318 g/mol. The molecule has 0 aliphatic heterocycles. The van der Waals surface area contributed by atoms with Crippen molar-refractivity contribution >= 4 is 17.2 Å². The van der Waals surface area contributed by atoms with Crippen LogP contribution in [-0.4, -0.2) is 17.4 Å². The molecule has 0 unspecified atom stereocenters.